The number of para-hydroxylation sites is 2. The zero-order chi connectivity index (χ0) is 21.4. The average molecular weight is 402 g/mol. The van der Waals surface area contributed by atoms with Crippen molar-refractivity contribution in [3.63, 3.8) is 0 Å². The first-order valence-electron chi connectivity index (χ1n) is 10.2. The lowest BCUT2D eigenvalue weighted by molar-refractivity contribution is 0.0450. The van der Waals surface area contributed by atoms with E-state index < -0.39 is 5.97 Å². The zero-order valence-corrected chi connectivity index (χ0v) is 17.8. The molecule has 0 fully saturated rings. The quantitative estimate of drug-likeness (QED) is 0.476. The summed E-state index contributed by atoms with van der Waals surface area (Å²) in [7, 11) is 0. The molecule has 0 aliphatic rings. The highest BCUT2D eigenvalue weighted by Crippen LogP contribution is 2.32. The number of nitrogens with zero attached hydrogens (tertiary/aromatic N) is 3. The number of ether oxygens (including phenoxy) is 1. The number of benzene rings is 2. The molecule has 0 amide bonds. The normalized spacial score (nSPS) is 12.4. The van der Waals surface area contributed by atoms with Gasteiger partial charge in [-0.3, -0.25) is 4.57 Å². The maximum absolute atomic E-state index is 13.0. The van der Waals surface area contributed by atoms with Gasteiger partial charge in [-0.15, -0.1) is 0 Å². The van der Waals surface area contributed by atoms with E-state index in [0.717, 1.165) is 23.2 Å². The first kappa shape index (κ1) is 19.9. The number of anilines is 1. The molecule has 0 saturated heterocycles. The minimum Gasteiger partial charge on any atom is -0.462 e. The van der Waals surface area contributed by atoms with Gasteiger partial charge in [0, 0.05) is 5.69 Å². The van der Waals surface area contributed by atoms with Crippen LogP contribution in [0.3, 0.4) is 0 Å². The van der Waals surface area contributed by atoms with Gasteiger partial charge in [-0.05, 0) is 55.2 Å². The van der Waals surface area contributed by atoms with E-state index in [1.165, 1.54) is 5.56 Å². The van der Waals surface area contributed by atoms with E-state index in [9.17, 15) is 4.79 Å². The highest BCUT2D eigenvalue weighted by molar-refractivity contribution is 6.09. The van der Waals surface area contributed by atoms with E-state index in [1.54, 1.807) is 4.57 Å². The van der Waals surface area contributed by atoms with Crippen LogP contribution in [0.2, 0.25) is 0 Å². The average Bonchev–Trinajstić information content (AvgIpc) is 3.02. The van der Waals surface area contributed by atoms with Gasteiger partial charge < -0.3 is 10.5 Å². The molecule has 1 unspecified atom stereocenters. The molecule has 0 aliphatic heterocycles. The van der Waals surface area contributed by atoms with Crippen molar-refractivity contribution in [3.8, 4) is 5.69 Å². The number of nitrogens with two attached hydrogens (primary N) is 1. The summed E-state index contributed by atoms with van der Waals surface area (Å²) in [5, 5.41) is 0. The number of fused-ring (bicyclic) bond motifs is 2. The molecule has 0 bridgehead atoms. The van der Waals surface area contributed by atoms with Crippen LogP contribution in [0.25, 0.3) is 27.9 Å². The van der Waals surface area contributed by atoms with E-state index in [2.05, 4.69) is 13.8 Å². The van der Waals surface area contributed by atoms with Crippen molar-refractivity contribution in [3.05, 3.63) is 59.2 Å². The van der Waals surface area contributed by atoms with Crippen LogP contribution in [0.5, 0.6) is 0 Å². The number of nitrogen functional groups attached to an aromatic ring is 1. The van der Waals surface area contributed by atoms with Crippen molar-refractivity contribution < 1.29 is 9.53 Å². The molecule has 6 heteroatoms. The predicted molar refractivity (Wildman–Crippen MR) is 120 cm³/mol. The van der Waals surface area contributed by atoms with Crippen LogP contribution < -0.4 is 5.73 Å². The molecule has 2 aromatic carbocycles. The summed E-state index contributed by atoms with van der Waals surface area (Å²) in [5.41, 5.74) is 12.4. The summed E-state index contributed by atoms with van der Waals surface area (Å²) in [4.78, 5) is 22.5. The molecule has 0 radical (unpaired) electrons. The fourth-order valence-electron chi connectivity index (χ4n) is 3.40. The molecule has 6 nitrogen and oxygen atoms in total. The largest absolute Gasteiger partial charge is 0.462 e. The van der Waals surface area contributed by atoms with E-state index in [4.69, 9.17) is 20.4 Å². The smallest absolute Gasteiger partial charge is 0.344 e. The Bertz CT molecular complexity index is 1260. The Labute approximate surface area is 175 Å². The van der Waals surface area contributed by atoms with E-state index in [0.29, 0.717) is 23.3 Å². The number of aryl methyl sites for hydroxylation is 2. The Morgan fingerprint density at radius 1 is 1.10 bits per heavy atom. The van der Waals surface area contributed by atoms with Crippen LogP contribution in [-0.2, 0) is 4.74 Å². The number of carbonyl (C=O) groups excluding carboxylic acids is 1. The lowest BCUT2D eigenvalue weighted by Gasteiger charge is -2.11. The second-order valence-electron chi connectivity index (χ2n) is 7.86. The Hall–Kier alpha value is -3.41. The molecular weight excluding hydrogens is 376 g/mol. The Balaban J connectivity index is 1.96. The maximum atomic E-state index is 13.0. The molecule has 0 aliphatic carbocycles. The minimum atomic E-state index is -0.468. The SMILES string of the molecule is CCC(C)COC(=O)c1c(N)n(-c2ccc(C)c(C)c2)c2nc3ccccc3nc12. The second kappa shape index (κ2) is 7.78. The molecule has 2 N–H and O–H groups in total. The predicted octanol–water partition coefficient (Wildman–Crippen LogP) is 4.98. The highest BCUT2D eigenvalue weighted by Gasteiger charge is 2.26. The lowest BCUT2D eigenvalue weighted by Crippen LogP contribution is -2.13. The van der Waals surface area contributed by atoms with Crippen LogP contribution in [0.4, 0.5) is 5.82 Å². The first-order chi connectivity index (χ1) is 14.4. The zero-order valence-electron chi connectivity index (χ0n) is 17.8. The third-order valence-corrected chi connectivity index (χ3v) is 5.65. The van der Waals surface area contributed by atoms with Crippen LogP contribution in [0, 0.1) is 19.8 Å². The monoisotopic (exact) mass is 402 g/mol. The van der Waals surface area contributed by atoms with Crippen molar-refractivity contribution in [2.75, 3.05) is 12.3 Å². The summed E-state index contributed by atoms with van der Waals surface area (Å²) in [6.45, 7) is 8.55. The van der Waals surface area contributed by atoms with Gasteiger partial charge in [0.1, 0.15) is 16.9 Å². The molecular formula is C24H26N4O2. The van der Waals surface area contributed by atoms with Gasteiger partial charge in [-0.1, -0.05) is 38.5 Å². The van der Waals surface area contributed by atoms with Gasteiger partial charge in [0.05, 0.1) is 17.6 Å². The maximum Gasteiger partial charge on any atom is 0.344 e. The highest BCUT2D eigenvalue weighted by atomic mass is 16.5. The standard InChI is InChI=1S/C24H26N4O2/c1-5-14(2)13-30-24(29)20-21-23(27-19-9-7-6-8-18(19)26-21)28(22(20)25)17-11-10-15(3)16(4)12-17/h6-12,14H,5,13,25H2,1-4H3. The second-order valence-corrected chi connectivity index (χ2v) is 7.86. The fourth-order valence-corrected chi connectivity index (χ4v) is 3.40. The molecule has 1 atom stereocenters. The topological polar surface area (TPSA) is 83.0 Å². The van der Waals surface area contributed by atoms with Crippen LogP contribution in [0.15, 0.2) is 42.5 Å². The van der Waals surface area contributed by atoms with Crippen molar-refractivity contribution in [2.24, 2.45) is 5.92 Å². The van der Waals surface area contributed by atoms with E-state index >= 15 is 0 Å². The van der Waals surface area contributed by atoms with Gasteiger partial charge in [0.25, 0.3) is 0 Å². The van der Waals surface area contributed by atoms with Gasteiger partial charge in [-0.2, -0.15) is 0 Å². The number of hydrogen-bond donors (Lipinski definition) is 1. The van der Waals surface area contributed by atoms with Gasteiger partial charge in [0.15, 0.2) is 5.65 Å². The lowest BCUT2D eigenvalue weighted by atomic mass is 10.1. The van der Waals surface area contributed by atoms with Crippen molar-refractivity contribution in [2.45, 2.75) is 34.1 Å². The summed E-state index contributed by atoms with van der Waals surface area (Å²) in [6, 6.07) is 13.6. The summed E-state index contributed by atoms with van der Waals surface area (Å²) < 4.78 is 7.37. The van der Waals surface area contributed by atoms with Crippen molar-refractivity contribution in [1.82, 2.24) is 14.5 Å². The molecule has 154 valence electrons. The Morgan fingerprint density at radius 2 is 1.80 bits per heavy atom. The van der Waals surface area contributed by atoms with Crippen LogP contribution in [0.1, 0.15) is 41.8 Å². The number of esters is 1. The Morgan fingerprint density at radius 3 is 2.47 bits per heavy atom. The number of rotatable bonds is 5. The summed E-state index contributed by atoms with van der Waals surface area (Å²) >= 11 is 0. The summed E-state index contributed by atoms with van der Waals surface area (Å²) in [6.07, 6.45) is 0.928. The molecule has 4 rings (SSSR count). The van der Waals surface area contributed by atoms with Gasteiger partial charge in [-0.25, -0.2) is 14.8 Å². The number of aromatic nitrogens is 3. The number of carbonyl (C=O) groups is 1. The fraction of sp³-hybridized carbons (Fsp3) is 0.292. The van der Waals surface area contributed by atoms with E-state index in [1.807, 2.05) is 56.3 Å². The molecule has 2 aromatic heterocycles. The molecule has 30 heavy (non-hydrogen) atoms. The molecule has 2 heterocycles. The third-order valence-electron chi connectivity index (χ3n) is 5.65. The van der Waals surface area contributed by atoms with Crippen LogP contribution >= 0.6 is 0 Å². The minimum absolute atomic E-state index is 0.268. The van der Waals surface area contributed by atoms with Crippen molar-refractivity contribution in [1.29, 1.82) is 0 Å². The molecule has 4 aromatic rings. The Kier molecular flexibility index (Phi) is 5.16. The van der Waals surface area contributed by atoms with Crippen molar-refractivity contribution >= 4 is 34.0 Å². The first-order valence-corrected chi connectivity index (χ1v) is 10.2. The van der Waals surface area contributed by atoms with Gasteiger partial charge in [0.2, 0.25) is 0 Å². The summed E-state index contributed by atoms with van der Waals surface area (Å²) in [5.74, 6) is 0.0952. The number of hydrogen-bond acceptors (Lipinski definition) is 5. The molecule has 0 saturated carbocycles. The van der Waals surface area contributed by atoms with Gasteiger partial charge >= 0.3 is 5.97 Å². The third kappa shape index (κ3) is 3.38. The van der Waals surface area contributed by atoms with Crippen LogP contribution in [-0.4, -0.2) is 27.1 Å². The molecule has 0 spiro atoms. The van der Waals surface area contributed by atoms with E-state index in [-0.39, 0.29) is 17.3 Å².